The molecule has 0 saturated heterocycles. The molecule has 1 N–H and O–H groups in total. The van der Waals surface area contributed by atoms with Crippen LogP contribution in [0.4, 0.5) is 4.39 Å². The largest absolute Gasteiger partial charge is 0.493 e. The lowest BCUT2D eigenvalue weighted by Crippen LogP contribution is -2.17. The molecule has 7 heteroatoms. The van der Waals surface area contributed by atoms with Crippen LogP contribution >= 0.6 is 0 Å². The summed E-state index contributed by atoms with van der Waals surface area (Å²) in [5.74, 6) is 0.746. The molecule has 0 radical (unpaired) electrons. The number of hydrogen-bond acceptors (Lipinski definition) is 4. The zero-order chi connectivity index (χ0) is 16.4. The van der Waals surface area contributed by atoms with E-state index in [0.717, 1.165) is 11.8 Å². The number of halogens is 1. The van der Waals surface area contributed by atoms with E-state index >= 15 is 0 Å². The Morgan fingerprint density at radius 2 is 2.13 bits per heavy atom. The molecular formula is C16H16FN3O3. The molecule has 1 aromatic carbocycles. The topological polar surface area (TPSA) is 69.1 Å². The summed E-state index contributed by atoms with van der Waals surface area (Å²) >= 11 is 0. The SMILES string of the molecule is CCOc1cc(Cn2c(=O)[nH]c3cc(F)cnc32)ccc1OC. The minimum Gasteiger partial charge on any atom is -0.493 e. The highest BCUT2D eigenvalue weighted by Gasteiger charge is 2.11. The van der Waals surface area contributed by atoms with Gasteiger partial charge in [0.2, 0.25) is 0 Å². The zero-order valence-electron chi connectivity index (χ0n) is 12.8. The maximum absolute atomic E-state index is 13.2. The predicted molar refractivity (Wildman–Crippen MR) is 83.6 cm³/mol. The van der Waals surface area contributed by atoms with E-state index in [9.17, 15) is 9.18 Å². The van der Waals surface area contributed by atoms with Gasteiger partial charge in [0.25, 0.3) is 0 Å². The number of pyridine rings is 1. The molecule has 0 saturated carbocycles. The first kappa shape index (κ1) is 15.1. The lowest BCUT2D eigenvalue weighted by Gasteiger charge is -2.11. The van der Waals surface area contributed by atoms with Crippen molar-refractivity contribution in [2.45, 2.75) is 13.5 Å². The maximum Gasteiger partial charge on any atom is 0.327 e. The molecule has 2 heterocycles. The molecule has 0 aliphatic carbocycles. The van der Waals surface area contributed by atoms with E-state index in [4.69, 9.17) is 9.47 Å². The van der Waals surface area contributed by atoms with E-state index in [2.05, 4.69) is 9.97 Å². The second-order valence-corrected chi connectivity index (χ2v) is 4.96. The molecule has 120 valence electrons. The monoisotopic (exact) mass is 317 g/mol. The zero-order valence-corrected chi connectivity index (χ0v) is 12.8. The molecule has 23 heavy (non-hydrogen) atoms. The fourth-order valence-electron chi connectivity index (χ4n) is 2.44. The molecule has 0 aliphatic rings. The van der Waals surface area contributed by atoms with Gasteiger partial charge in [-0.15, -0.1) is 0 Å². The Morgan fingerprint density at radius 1 is 1.30 bits per heavy atom. The van der Waals surface area contributed by atoms with Gasteiger partial charge in [-0.05, 0) is 24.6 Å². The molecule has 0 amide bonds. The first-order valence-electron chi connectivity index (χ1n) is 7.16. The Balaban J connectivity index is 2.00. The van der Waals surface area contributed by atoms with Gasteiger partial charge in [0.1, 0.15) is 5.82 Å². The first-order valence-corrected chi connectivity index (χ1v) is 7.16. The van der Waals surface area contributed by atoms with Crippen LogP contribution in [0.1, 0.15) is 12.5 Å². The fraction of sp³-hybridized carbons (Fsp3) is 0.250. The van der Waals surface area contributed by atoms with E-state index < -0.39 is 5.82 Å². The molecule has 0 spiro atoms. The number of nitrogens with zero attached hydrogens (tertiary/aromatic N) is 2. The number of hydrogen-bond donors (Lipinski definition) is 1. The van der Waals surface area contributed by atoms with Crippen molar-refractivity contribution >= 4 is 11.2 Å². The Kier molecular flexibility index (Phi) is 4.01. The second-order valence-electron chi connectivity index (χ2n) is 4.96. The van der Waals surface area contributed by atoms with Crippen LogP contribution in [-0.4, -0.2) is 28.3 Å². The average Bonchev–Trinajstić information content (AvgIpc) is 2.83. The molecule has 3 rings (SSSR count). The number of nitrogens with one attached hydrogen (secondary N) is 1. The summed E-state index contributed by atoms with van der Waals surface area (Å²) in [6.07, 6.45) is 1.09. The Bertz CT molecular complexity index is 901. The molecule has 2 aromatic heterocycles. The van der Waals surface area contributed by atoms with Gasteiger partial charge in [0.15, 0.2) is 17.1 Å². The first-order chi connectivity index (χ1) is 11.1. The lowest BCUT2D eigenvalue weighted by molar-refractivity contribution is 0.310. The van der Waals surface area contributed by atoms with Crippen LogP contribution in [0.15, 0.2) is 35.3 Å². The minimum atomic E-state index is -0.492. The second kappa shape index (κ2) is 6.12. The van der Waals surface area contributed by atoms with Gasteiger partial charge in [-0.25, -0.2) is 14.2 Å². The molecular weight excluding hydrogens is 301 g/mol. The molecule has 0 aliphatic heterocycles. The summed E-state index contributed by atoms with van der Waals surface area (Å²) < 4.78 is 25.4. The molecule has 0 atom stereocenters. The number of imidazole rings is 1. The molecule has 0 unspecified atom stereocenters. The van der Waals surface area contributed by atoms with Crippen molar-refractivity contribution in [3.8, 4) is 11.5 Å². The number of benzene rings is 1. The van der Waals surface area contributed by atoms with Crippen molar-refractivity contribution in [3.63, 3.8) is 0 Å². The third-order valence-corrected chi connectivity index (χ3v) is 3.44. The molecule has 6 nitrogen and oxygen atoms in total. The number of methoxy groups -OCH3 is 1. The predicted octanol–water partition coefficient (Wildman–Crippen LogP) is 2.32. The summed E-state index contributed by atoms with van der Waals surface area (Å²) in [4.78, 5) is 18.7. The van der Waals surface area contributed by atoms with Crippen molar-refractivity contribution in [3.05, 3.63) is 52.3 Å². The van der Waals surface area contributed by atoms with E-state index in [-0.39, 0.29) is 5.69 Å². The highest BCUT2D eigenvalue weighted by Crippen LogP contribution is 2.28. The minimum absolute atomic E-state index is 0.293. The van der Waals surface area contributed by atoms with Gasteiger partial charge in [-0.2, -0.15) is 0 Å². The number of aromatic amines is 1. The summed E-state index contributed by atoms with van der Waals surface area (Å²) in [5, 5.41) is 0. The molecule has 3 aromatic rings. The summed E-state index contributed by atoms with van der Waals surface area (Å²) in [6, 6.07) is 6.69. The highest BCUT2D eigenvalue weighted by molar-refractivity contribution is 5.70. The van der Waals surface area contributed by atoms with Gasteiger partial charge in [0, 0.05) is 6.07 Å². The van der Waals surface area contributed by atoms with Gasteiger partial charge in [-0.1, -0.05) is 6.07 Å². The number of ether oxygens (including phenoxy) is 2. The maximum atomic E-state index is 13.2. The Hall–Kier alpha value is -2.83. The summed E-state index contributed by atoms with van der Waals surface area (Å²) in [5.41, 5.74) is 1.29. The van der Waals surface area contributed by atoms with Crippen molar-refractivity contribution < 1.29 is 13.9 Å². The highest BCUT2D eigenvalue weighted by atomic mass is 19.1. The van der Waals surface area contributed by atoms with Crippen molar-refractivity contribution in [2.24, 2.45) is 0 Å². The summed E-state index contributed by atoms with van der Waals surface area (Å²) in [6.45, 7) is 2.68. The van der Waals surface area contributed by atoms with Crippen LogP contribution in [0, 0.1) is 5.82 Å². The quantitative estimate of drug-likeness (QED) is 0.784. The standard InChI is InChI=1S/C16H16FN3O3/c1-3-23-14-6-10(4-5-13(14)22-2)9-20-15-12(19-16(20)21)7-11(17)8-18-15/h4-8H,3,9H2,1-2H3,(H,19,21). The number of fused-ring (bicyclic) bond motifs is 1. The summed E-state index contributed by atoms with van der Waals surface area (Å²) in [7, 11) is 1.57. The van der Waals surface area contributed by atoms with Crippen molar-refractivity contribution in [2.75, 3.05) is 13.7 Å². The van der Waals surface area contributed by atoms with Crippen LogP contribution in [0.3, 0.4) is 0 Å². The van der Waals surface area contributed by atoms with Crippen LogP contribution in [0.25, 0.3) is 11.2 Å². The van der Waals surface area contributed by atoms with Gasteiger partial charge in [0.05, 0.1) is 32.0 Å². The Morgan fingerprint density at radius 3 is 2.87 bits per heavy atom. The van der Waals surface area contributed by atoms with Crippen LogP contribution in [-0.2, 0) is 6.54 Å². The fourth-order valence-corrected chi connectivity index (χ4v) is 2.44. The van der Waals surface area contributed by atoms with Crippen LogP contribution in [0.2, 0.25) is 0 Å². The average molecular weight is 317 g/mol. The third-order valence-electron chi connectivity index (χ3n) is 3.44. The van der Waals surface area contributed by atoms with Crippen LogP contribution < -0.4 is 15.2 Å². The molecule has 0 bridgehead atoms. The van der Waals surface area contributed by atoms with Gasteiger partial charge >= 0.3 is 5.69 Å². The van der Waals surface area contributed by atoms with Crippen molar-refractivity contribution in [1.29, 1.82) is 0 Å². The molecule has 0 fully saturated rings. The normalized spacial score (nSPS) is 10.9. The van der Waals surface area contributed by atoms with E-state index in [1.807, 2.05) is 19.1 Å². The number of H-pyrrole nitrogens is 1. The van der Waals surface area contributed by atoms with E-state index in [1.54, 1.807) is 13.2 Å². The van der Waals surface area contributed by atoms with E-state index in [1.165, 1.54) is 10.6 Å². The van der Waals surface area contributed by atoms with Crippen molar-refractivity contribution in [1.82, 2.24) is 14.5 Å². The number of aromatic nitrogens is 3. The Labute approximate surface area is 131 Å². The van der Waals surface area contributed by atoms with Gasteiger partial charge in [-0.3, -0.25) is 4.57 Å². The lowest BCUT2D eigenvalue weighted by atomic mass is 10.2. The van der Waals surface area contributed by atoms with Gasteiger partial charge < -0.3 is 14.5 Å². The third kappa shape index (κ3) is 2.90. The van der Waals surface area contributed by atoms with Crippen LogP contribution in [0.5, 0.6) is 11.5 Å². The van der Waals surface area contributed by atoms with E-state index in [0.29, 0.717) is 35.8 Å². The smallest absolute Gasteiger partial charge is 0.327 e. The number of rotatable bonds is 5.